The number of nitrogens with one attached hydrogen (secondary N) is 1. The van der Waals surface area contributed by atoms with E-state index in [1.54, 1.807) is 6.92 Å². The van der Waals surface area contributed by atoms with Gasteiger partial charge in [-0.2, -0.15) is 0 Å². The second-order valence-corrected chi connectivity index (χ2v) is 5.31. The van der Waals surface area contributed by atoms with Crippen LogP contribution in [0.25, 0.3) is 0 Å². The predicted octanol–water partition coefficient (Wildman–Crippen LogP) is 0.412. The highest BCUT2D eigenvalue weighted by atomic mass is 16.5. The lowest BCUT2D eigenvalue weighted by atomic mass is 9.99. The lowest BCUT2D eigenvalue weighted by molar-refractivity contribution is -0.147. The molecule has 0 aromatic heterocycles. The quantitative estimate of drug-likeness (QED) is 0.722. The molecule has 1 aliphatic carbocycles. The molecule has 3 rings (SSSR count). The number of imide groups is 2. The molecule has 0 bridgehead atoms. The monoisotopic (exact) mass is 252 g/mol. The molecule has 98 valence electrons. The normalized spacial score (nSPS) is 31.7. The summed E-state index contributed by atoms with van der Waals surface area (Å²) in [6, 6.07) is -0.920. The third kappa shape index (κ3) is 1.48. The Kier molecular flexibility index (Phi) is 2.45. The van der Waals surface area contributed by atoms with Crippen LogP contribution in [-0.2, 0) is 14.3 Å². The van der Waals surface area contributed by atoms with Crippen LogP contribution in [0.5, 0.6) is 0 Å². The fourth-order valence-electron chi connectivity index (χ4n) is 2.78. The average Bonchev–Trinajstić information content (AvgIpc) is 2.95. The van der Waals surface area contributed by atoms with E-state index in [0.29, 0.717) is 19.4 Å². The summed E-state index contributed by atoms with van der Waals surface area (Å²) >= 11 is 0. The summed E-state index contributed by atoms with van der Waals surface area (Å²) in [6.45, 7) is 2.47. The van der Waals surface area contributed by atoms with E-state index in [-0.39, 0.29) is 18.1 Å². The molecule has 1 N–H and O–H groups in total. The summed E-state index contributed by atoms with van der Waals surface area (Å²) in [5, 5.41) is 2.29. The molecule has 6 nitrogen and oxygen atoms in total. The van der Waals surface area contributed by atoms with Gasteiger partial charge in [0, 0.05) is 6.61 Å². The zero-order valence-electron chi connectivity index (χ0n) is 10.3. The summed E-state index contributed by atoms with van der Waals surface area (Å²) in [7, 11) is 0. The van der Waals surface area contributed by atoms with Crippen molar-refractivity contribution in [2.45, 2.75) is 44.8 Å². The maximum atomic E-state index is 12.3. The van der Waals surface area contributed by atoms with Gasteiger partial charge in [0.15, 0.2) is 0 Å². The van der Waals surface area contributed by atoms with Crippen molar-refractivity contribution in [1.82, 2.24) is 10.2 Å². The zero-order chi connectivity index (χ0) is 12.9. The van der Waals surface area contributed by atoms with Crippen molar-refractivity contribution < 1.29 is 19.1 Å². The number of carbonyl (C=O) groups is 3. The molecule has 1 spiro atoms. The van der Waals surface area contributed by atoms with Gasteiger partial charge in [-0.1, -0.05) is 0 Å². The first kappa shape index (κ1) is 11.6. The van der Waals surface area contributed by atoms with Gasteiger partial charge in [-0.25, -0.2) is 4.79 Å². The standard InChI is InChI=1S/C12H16N2O4/c1-7(8-3-2-6-18-8)14-10(16)12(4-5-12)9(15)13-11(14)17/h7-8H,2-6H2,1H3,(H,13,15,17). The molecule has 4 amide bonds. The van der Waals surface area contributed by atoms with Gasteiger partial charge in [0.2, 0.25) is 11.8 Å². The highest BCUT2D eigenvalue weighted by Gasteiger charge is 2.63. The Bertz CT molecular complexity index is 424. The Labute approximate surface area is 105 Å². The van der Waals surface area contributed by atoms with Crippen molar-refractivity contribution >= 4 is 17.8 Å². The fraction of sp³-hybridized carbons (Fsp3) is 0.750. The van der Waals surface area contributed by atoms with Crippen molar-refractivity contribution in [3.05, 3.63) is 0 Å². The molecule has 2 saturated heterocycles. The molecule has 3 fully saturated rings. The van der Waals surface area contributed by atoms with E-state index in [1.807, 2.05) is 0 Å². The van der Waals surface area contributed by atoms with Gasteiger partial charge in [0.1, 0.15) is 5.41 Å². The highest BCUT2D eigenvalue weighted by molar-refractivity contribution is 6.21. The molecule has 3 aliphatic rings. The number of hydrogen-bond donors (Lipinski definition) is 1. The van der Waals surface area contributed by atoms with E-state index < -0.39 is 17.4 Å². The third-order valence-electron chi connectivity index (χ3n) is 4.16. The first-order valence-electron chi connectivity index (χ1n) is 6.37. The highest BCUT2D eigenvalue weighted by Crippen LogP contribution is 2.49. The number of carbonyl (C=O) groups excluding carboxylic acids is 3. The molecule has 2 heterocycles. The zero-order valence-corrected chi connectivity index (χ0v) is 10.3. The molecule has 18 heavy (non-hydrogen) atoms. The molecule has 2 aliphatic heterocycles. The van der Waals surface area contributed by atoms with E-state index in [2.05, 4.69) is 5.32 Å². The largest absolute Gasteiger partial charge is 0.376 e. The van der Waals surface area contributed by atoms with Crippen LogP contribution in [0.3, 0.4) is 0 Å². The first-order valence-corrected chi connectivity index (χ1v) is 6.37. The van der Waals surface area contributed by atoms with E-state index in [4.69, 9.17) is 4.74 Å². The molecule has 0 aromatic carbocycles. The van der Waals surface area contributed by atoms with E-state index in [9.17, 15) is 14.4 Å². The predicted molar refractivity (Wildman–Crippen MR) is 60.5 cm³/mol. The second kappa shape index (κ2) is 3.78. The van der Waals surface area contributed by atoms with Crippen LogP contribution >= 0.6 is 0 Å². The van der Waals surface area contributed by atoms with Crippen molar-refractivity contribution in [2.24, 2.45) is 5.41 Å². The minimum absolute atomic E-state index is 0.108. The molecule has 1 saturated carbocycles. The SMILES string of the molecule is CC(C1CCCO1)N1C(=O)NC(=O)C2(CC2)C1=O. The van der Waals surface area contributed by atoms with Gasteiger partial charge in [0.05, 0.1) is 12.1 Å². The molecule has 0 radical (unpaired) electrons. The van der Waals surface area contributed by atoms with E-state index >= 15 is 0 Å². The van der Waals surface area contributed by atoms with E-state index in [1.165, 1.54) is 4.90 Å². The molecule has 0 aromatic rings. The van der Waals surface area contributed by atoms with Crippen LogP contribution in [-0.4, -0.2) is 41.5 Å². The number of ether oxygens (including phenoxy) is 1. The topological polar surface area (TPSA) is 75.7 Å². The van der Waals surface area contributed by atoms with Crippen molar-refractivity contribution in [1.29, 1.82) is 0 Å². The van der Waals surface area contributed by atoms with Crippen molar-refractivity contribution in [3.63, 3.8) is 0 Å². The first-order chi connectivity index (χ1) is 8.56. The number of barbiturate groups is 1. The number of hydrogen-bond acceptors (Lipinski definition) is 4. The van der Waals surface area contributed by atoms with Gasteiger partial charge in [0.25, 0.3) is 0 Å². The van der Waals surface area contributed by atoms with Crippen LogP contribution in [0.4, 0.5) is 4.79 Å². The summed E-state index contributed by atoms with van der Waals surface area (Å²) in [6.07, 6.45) is 2.77. The van der Waals surface area contributed by atoms with Crippen molar-refractivity contribution in [2.75, 3.05) is 6.61 Å². The fourth-order valence-corrected chi connectivity index (χ4v) is 2.78. The molecule has 6 heteroatoms. The van der Waals surface area contributed by atoms with Crippen LogP contribution in [0.2, 0.25) is 0 Å². The maximum absolute atomic E-state index is 12.3. The van der Waals surface area contributed by atoms with Gasteiger partial charge in [-0.3, -0.25) is 19.8 Å². The summed E-state index contributed by atoms with van der Waals surface area (Å²) in [4.78, 5) is 37.0. The minimum Gasteiger partial charge on any atom is -0.376 e. The van der Waals surface area contributed by atoms with Crippen LogP contribution in [0.1, 0.15) is 32.6 Å². The summed E-state index contributed by atoms with van der Waals surface area (Å²) < 4.78 is 5.52. The summed E-state index contributed by atoms with van der Waals surface area (Å²) in [5.41, 5.74) is -0.958. The molecule has 2 unspecified atom stereocenters. The second-order valence-electron chi connectivity index (χ2n) is 5.31. The van der Waals surface area contributed by atoms with Gasteiger partial charge < -0.3 is 4.74 Å². The molecular formula is C12H16N2O4. The number of rotatable bonds is 2. The summed E-state index contributed by atoms with van der Waals surface area (Å²) in [5.74, 6) is -0.785. The van der Waals surface area contributed by atoms with Crippen molar-refractivity contribution in [3.8, 4) is 0 Å². The maximum Gasteiger partial charge on any atom is 0.331 e. The van der Waals surface area contributed by atoms with Gasteiger partial charge in [-0.15, -0.1) is 0 Å². The number of nitrogens with zero attached hydrogens (tertiary/aromatic N) is 1. The third-order valence-corrected chi connectivity index (χ3v) is 4.16. The Morgan fingerprint density at radius 2 is 2.11 bits per heavy atom. The molecule has 2 atom stereocenters. The van der Waals surface area contributed by atoms with Crippen LogP contribution in [0, 0.1) is 5.41 Å². The lowest BCUT2D eigenvalue weighted by Gasteiger charge is -2.36. The van der Waals surface area contributed by atoms with E-state index in [0.717, 1.165) is 12.8 Å². The van der Waals surface area contributed by atoms with Crippen LogP contribution in [0.15, 0.2) is 0 Å². The Balaban J connectivity index is 1.83. The lowest BCUT2D eigenvalue weighted by Crippen LogP contribution is -2.63. The minimum atomic E-state index is -0.958. The molecular weight excluding hydrogens is 236 g/mol. The smallest absolute Gasteiger partial charge is 0.331 e. The Morgan fingerprint density at radius 3 is 2.67 bits per heavy atom. The Morgan fingerprint density at radius 1 is 1.39 bits per heavy atom. The average molecular weight is 252 g/mol. The Hall–Kier alpha value is -1.43. The van der Waals surface area contributed by atoms with Gasteiger partial charge >= 0.3 is 6.03 Å². The number of amides is 4. The van der Waals surface area contributed by atoms with Crippen LogP contribution < -0.4 is 5.32 Å². The number of urea groups is 1. The van der Waals surface area contributed by atoms with Gasteiger partial charge in [-0.05, 0) is 32.6 Å².